The molecule has 2 aromatic rings. The molecular formula is C11H9BrClFN2. The van der Waals surface area contributed by atoms with E-state index < -0.39 is 0 Å². The summed E-state index contributed by atoms with van der Waals surface area (Å²) in [6.07, 6.45) is 0. The number of hydrogen-bond acceptors (Lipinski definition) is 1. The molecule has 84 valence electrons. The summed E-state index contributed by atoms with van der Waals surface area (Å²) in [6, 6.07) is 4.38. The zero-order chi connectivity index (χ0) is 11.9. The molecule has 0 spiro atoms. The predicted octanol–water partition coefficient (Wildman–Crippen LogP) is 3.95. The van der Waals surface area contributed by atoms with Gasteiger partial charge in [-0.2, -0.15) is 5.10 Å². The molecule has 0 radical (unpaired) electrons. The highest BCUT2D eigenvalue weighted by Crippen LogP contribution is 2.31. The van der Waals surface area contributed by atoms with Crippen LogP contribution in [0, 0.1) is 12.7 Å². The first kappa shape index (κ1) is 11.6. The van der Waals surface area contributed by atoms with Gasteiger partial charge in [0.05, 0.1) is 4.47 Å². The summed E-state index contributed by atoms with van der Waals surface area (Å²) in [4.78, 5) is 0. The lowest BCUT2D eigenvalue weighted by atomic mass is 10.1. The normalized spacial score (nSPS) is 10.8. The van der Waals surface area contributed by atoms with Crippen LogP contribution in [0.15, 0.2) is 22.7 Å². The third-order valence-corrected chi connectivity index (χ3v) is 3.56. The molecule has 0 aliphatic rings. The van der Waals surface area contributed by atoms with E-state index in [0.717, 1.165) is 10.2 Å². The summed E-state index contributed by atoms with van der Waals surface area (Å²) in [7, 11) is 1.84. The first-order chi connectivity index (χ1) is 7.49. The van der Waals surface area contributed by atoms with Crippen molar-refractivity contribution in [3.05, 3.63) is 39.2 Å². The molecule has 1 aromatic carbocycles. The fourth-order valence-electron chi connectivity index (χ4n) is 1.46. The maximum absolute atomic E-state index is 13.2. The van der Waals surface area contributed by atoms with E-state index in [4.69, 9.17) is 11.6 Å². The van der Waals surface area contributed by atoms with E-state index in [1.54, 1.807) is 10.7 Å². The SMILES string of the molecule is Cc1c(Br)c(-c2cc(F)cc(Cl)c2)nn1C. The number of hydrogen-bond donors (Lipinski definition) is 0. The number of aromatic nitrogens is 2. The number of benzene rings is 1. The summed E-state index contributed by atoms with van der Waals surface area (Å²) < 4.78 is 15.8. The van der Waals surface area contributed by atoms with Crippen molar-refractivity contribution < 1.29 is 4.39 Å². The molecule has 2 nitrogen and oxygen atoms in total. The van der Waals surface area contributed by atoms with Crippen LogP contribution in [0.1, 0.15) is 5.69 Å². The third-order valence-electron chi connectivity index (χ3n) is 2.40. The van der Waals surface area contributed by atoms with Crippen molar-refractivity contribution in [3.63, 3.8) is 0 Å². The molecule has 0 amide bonds. The minimum Gasteiger partial charge on any atom is -0.271 e. The monoisotopic (exact) mass is 302 g/mol. The van der Waals surface area contributed by atoms with E-state index in [1.165, 1.54) is 12.1 Å². The summed E-state index contributed by atoms with van der Waals surface area (Å²) >= 11 is 9.25. The summed E-state index contributed by atoms with van der Waals surface area (Å²) in [5, 5.41) is 4.67. The van der Waals surface area contributed by atoms with E-state index in [2.05, 4.69) is 21.0 Å². The second kappa shape index (κ2) is 4.18. The maximum atomic E-state index is 13.2. The van der Waals surface area contributed by atoms with Crippen molar-refractivity contribution in [3.8, 4) is 11.3 Å². The van der Waals surface area contributed by atoms with Crippen molar-refractivity contribution >= 4 is 27.5 Å². The van der Waals surface area contributed by atoms with E-state index in [1.807, 2.05) is 14.0 Å². The molecule has 0 aliphatic heterocycles. The van der Waals surface area contributed by atoms with Gasteiger partial charge in [-0.25, -0.2) is 4.39 Å². The molecule has 0 N–H and O–H groups in total. The lowest BCUT2D eigenvalue weighted by Crippen LogP contribution is -1.92. The zero-order valence-electron chi connectivity index (χ0n) is 8.76. The first-order valence-corrected chi connectivity index (χ1v) is 5.81. The largest absolute Gasteiger partial charge is 0.271 e. The molecule has 0 aliphatic carbocycles. The standard InChI is InChI=1S/C11H9BrClFN2/c1-6-10(12)11(15-16(6)2)7-3-8(13)5-9(14)4-7/h3-5H,1-2H3. The number of halogens is 3. The lowest BCUT2D eigenvalue weighted by Gasteiger charge is -1.99. The van der Waals surface area contributed by atoms with Gasteiger partial charge in [0.25, 0.3) is 0 Å². The van der Waals surface area contributed by atoms with Gasteiger partial charge in [0, 0.05) is 23.3 Å². The van der Waals surface area contributed by atoms with Crippen LogP contribution in [0.25, 0.3) is 11.3 Å². The summed E-state index contributed by atoms with van der Waals surface area (Å²) in [5.74, 6) is -0.363. The van der Waals surface area contributed by atoms with Gasteiger partial charge in [0.2, 0.25) is 0 Å². The van der Waals surface area contributed by atoms with Crippen LogP contribution in [0.5, 0.6) is 0 Å². The Bertz CT molecular complexity index is 531. The van der Waals surface area contributed by atoms with Crippen molar-refractivity contribution in [2.75, 3.05) is 0 Å². The highest BCUT2D eigenvalue weighted by Gasteiger charge is 2.13. The Hall–Kier alpha value is -0.870. The second-order valence-electron chi connectivity index (χ2n) is 3.53. The highest BCUT2D eigenvalue weighted by atomic mass is 79.9. The van der Waals surface area contributed by atoms with Gasteiger partial charge in [-0.05, 0) is 41.1 Å². The third kappa shape index (κ3) is 1.99. The van der Waals surface area contributed by atoms with Crippen molar-refractivity contribution in [2.24, 2.45) is 7.05 Å². The van der Waals surface area contributed by atoms with Crippen molar-refractivity contribution in [2.45, 2.75) is 6.92 Å². The van der Waals surface area contributed by atoms with Crippen LogP contribution in [0.2, 0.25) is 5.02 Å². The van der Waals surface area contributed by atoms with E-state index in [9.17, 15) is 4.39 Å². The zero-order valence-corrected chi connectivity index (χ0v) is 11.1. The van der Waals surface area contributed by atoms with E-state index in [-0.39, 0.29) is 5.82 Å². The molecule has 0 atom stereocenters. The summed E-state index contributed by atoms with van der Waals surface area (Å²) in [5.41, 5.74) is 2.34. The molecule has 2 rings (SSSR count). The minimum absolute atomic E-state index is 0.363. The van der Waals surface area contributed by atoms with Crippen LogP contribution in [0.3, 0.4) is 0 Å². The second-order valence-corrected chi connectivity index (χ2v) is 4.76. The number of rotatable bonds is 1. The van der Waals surface area contributed by atoms with Crippen LogP contribution in [0.4, 0.5) is 4.39 Å². The van der Waals surface area contributed by atoms with Crippen LogP contribution in [-0.2, 0) is 7.05 Å². The van der Waals surface area contributed by atoms with E-state index in [0.29, 0.717) is 16.3 Å². The van der Waals surface area contributed by atoms with Crippen LogP contribution < -0.4 is 0 Å². The predicted molar refractivity (Wildman–Crippen MR) is 66.0 cm³/mol. The Morgan fingerprint density at radius 3 is 2.56 bits per heavy atom. The van der Waals surface area contributed by atoms with Crippen molar-refractivity contribution in [1.82, 2.24) is 9.78 Å². The summed E-state index contributed by atoms with van der Waals surface area (Å²) in [6.45, 7) is 1.93. The van der Waals surface area contributed by atoms with Crippen molar-refractivity contribution in [1.29, 1.82) is 0 Å². The Balaban J connectivity index is 2.62. The quantitative estimate of drug-likeness (QED) is 0.780. The molecule has 1 heterocycles. The van der Waals surface area contributed by atoms with Crippen LogP contribution >= 0.6 is 27.5 Å². The minimum atomic E-state index is -0.363. The van der Waals surface area contributed by atoms with Gasteiger partial charge in [-0.3, -0.25) is 4.68 Å². The van der Waals surface area contributed by atoms with Gasteiger partial charge in [-0.1, -0.05) is 11.6 Å². The Labute approximate surface area is 106 Å². The van der Waals surface area contributed by atoms with Gasteiger partial charge in [0.15, 0.2) is 0 Å². The lowest BCUT2D eigenvalue weighted by molar-refractivity contribution is 0.628. The molecule has 1 aromatic heterocycles. The van der Waals surface area contributed by atoms with Gasteiger partial charge >= 0.3 is 0 Å². The highest BCUT2D eigenvalue weighted by molar-refractivity contribution is 9.10. The smallest absolute Gasteiger partial charge is 0.125 e. The molecule has 0 fully saturated rings. The van der Waals surface area contributed by atoms with Gasteiger partial charge in [-0.15, -0.1) is 0 Å². The van der Waals surface area contributed by atoms with Crippen LogP contribution in [-0.4, -0.2) is 9.78 Å². The van der Waals surface area contributed by atoms with E-state index >= 15 is 0 Å². The fourth-order valence-corrected chi connectivity index (χ4v) is 2.24. The number of nitrogens with zero attached hydrogens (tertiary/aromatic N) is 2. The molecule has 0 bridgehead atoms. The molecule has 16 heavy (non-hydrogen) atoms. The fraction of sp³-hybridized carbons (Fsp3) is 0.182. The molecular weight excluding hydrogens is 294 g/mol. The Morgan fingerprint density at radius 2 is 2.06 bits per heavy atom. The Kier molecular flexibility index (Phi) is 3.04. The topological polar surface area (TPSA) is 17.8 Å². The molecule has 0 saturated heterocycles. The molecule has 0 saturated carbocycles. The molecule has 5 heteroatoms. The first-order valence-electron chi connectivity index (χ1n) is 4.64. The maximum Gasteiger partial charge on any atom is 0.125 e. The Morgan fingerprint density at radius 1 is 1.38 bits per heavy atom. The van der Waals surface area contributed by atoms with Gasteiger partial charge in [0.1, 0.15) is 11.5 Å². The average Bonchev–Trinajstić information content (AvgIpc) is 2.44. The van der Waals surface area contributed by atoms with Gasteiger partial charge < -0.3 is 0 Å². The molecule has 0 unspecified atom stereocenters. The number of aryl methyl sites for hydroxylation is 1. The average molecular weight is 304 g/mol.